The molecule has 1 fully saturated rings. The third-order valence-corrected chi connectivity index (χ3v) is 8.04. The number of hydrogen-bond acceptors (Lipinski definition) is 7. The van der Waals surface area contributed by atoms with E-state index in [0.29, 0.717) is 17.1 Å². The highest BCUT2D eigenvalue weighted by molar-refractivity contribution is 7.15. The van der Waals surface area contributed by atoms with Crippen LogP contribution in [0.5, 0.6) is 0 Å². The van der Waals surface area contributed by atoms with Crippen molar-refractivity contribution in [1.29, 1.82) is 0 Å². The molecule has 1 aromatic heterocycles. The lowest BCUT2D eigenvalue weighted by atomic mass is 9.99. The second-order valence-electron chi connectivity index (χ2n) is 9.95. The number of carbonyl (C=O) groups excluding carboxylic acids is 5. The van der Waals surface area contributed by atoms with Gasteiger partial charge in [-0.2, -0.15) is 0 Å². The second-order valence-corrected chi connectivity index (χ2v) is 11.1. The second kappa shape index (κ2) is 10.9. The summed E-state index contributed by atoms with van der Waals surface area (Å²) < 4.78 is 0. The number of piperidine rings is 1. The maximum absolute atomic E-state index is 13.1. The summed E-state index contributed by atoms with van der Waals surface area (Å²) in [5, 5.41) is 5.59. The Hall–Kier alpha value is -4.96. The molecule has 3 heterocycles. The number of nitrogens with one attached hydrogen (secondary N) is 2. The van der Waals surface area contributed by atoms with Gasteiger partial charge in [0.25, 0.3) is 17.7 Å². The molecule has 0 spiro atoms. The number of nitrogens with zero attached hydrogens (tertiary/aromatic N) is 2. The fraction of sp³-hybridized carbons (Fsp3) is 0.161. The van der Waals surface area contributed by atoms with Crippen LogP contribution in [0.3, 0.4) is 0 Å². The Labute approximate surface area is 239 Å². The van der Waals surface area contributed by atoms with E-state index in [2.05, 4.69) is 27.8 Å². The summed E-state index contributed by atoms with van der Waals surface area (Å²) >= 11 is 1.44. The lowest BCUT2D eigenvalue weighted by Gasteiger charge is -2.27. The van der Waals surface area contributed by atoms with E-state index in [4.69, 9.17) is 0 Å². The summed E-state index contributed by atoms with van der Waals surface area (Å²) in [6.07, 6.45) is 3.18. The van der Waals surface area contributed by atoms with Crippen LogP contribution in [0, 0.1) is 0 Å². The summed E-state index contributed by atoms with van der Waals surface area (Å²) in [6.45, 7) is 0. The molecule has 204 valence electrons. The predicted molar refractivity (Wildman–Crippen MR) is 152 cm³/mol. The lowest BCUT2D eigenvalue weighted by molar-refractivity contribution is -0.136. The van der Waals surface area contributed by atoms with Crippen LogP contribution in [0.25, 0.3) is 0 Å². The van der Waals surface area contributed by atoms with Crippen molar-refractivity contribution in [2.75, 3.05) is 5.32 Å². The molecule has 0 bridgehead atoms. The van der Waals surface area contributed by atoms with Gasteiger partial charge in [0.15, 0.2) is 5.13 Å². The maximum Gasteiger partial charge on any atom is 0.262 e. The van der Waals surface area contributed by atoms with Gasteiger partial charge >= 0.3 is 0 Å². The minimum atomic E-state index is -0.998. The van der Waals surface area contributed by atoms with Crippen molar-refractivity contribution in [3.63, 3.8) is 0 Å². The third-order valence-electron chi connectivity index (χ3n) is 7.12. The average Bonchev–Trinajstić information content (AvgIpc) is 3.50. The predicted octanol–water partition coefficient (Wildman–Crippen LogP) is 3.98. The molecule has 2 N–H and O–H groups in total. The first-order chi connectivity index (χ1) is 19.9. The van der Waals surface area contributed by atoms with Gasteiger partial charge in [0.1, 0.15) is 6.04 Å². The monoisotopic (exact) mass is 564 g/mol. The van der Waals surface area contributed by atoms with E-state index in [1.54, 1.807) is 36.5 Å². The summed E-state index contributed by atoms with van der Waals surface area (Å²) in [4.78, 5) is 68.9. The molecule has 1 saturated heterocycles. The highest BCUT2D eigenvalue weighted by atomic mass is 32.1. The van der Waals surface area contributed by atoms with Gasteiger partial charge in [-0.25, -0.2) is 4.98 Å². The van der Waals surface area contributed by atoms with Gasteiger partial charge in [-0.05, 0) is 53.8 Å². The minimum Gasteiger partial charge on any atom is -0.298 e. The summed E-state index contributed by atoms with van der Waals surface area (Å²) in [7, 11) is 0. The van der Waals surface area contributed by atoms with Gasteiger partial charge in [-0.15, -0.1) is 11.3 Å². The molecule has 10 heteroatoms. The normalized spacial score (nSPS) is 16.5. The van der Waals surface area contributed by atoms with Crippen molar-refractivity contribution < 1.29 is 24.0 Å². The largest absolute Gasteiger partial charge is 0.298 e. The molecule has 1 atom stereocenters. The van der Waals surface area contributed by atoms with Crippen molar-refractivity contribution in [3.8, 4) is 0 Å². The Morgan fingerprint density at radius 3 is 2.34 bits per heavy atom. The van der Waals surface area contributed by atoms with Crippen LogP contribution < -0.4 is 10.6 Å². The quantitative estimate of drug-likeness (QED) is 0.327. The molecule has 9 nitrogen and oxygen atoms in total. The Kier molecular flexibility index (Phi) is 6.98. The van der Waals surface area contributed by atoms with Crippen LogP contribution in [0.4, 0.5) is 5.13 Å². The highest BCUT2D eigenvalue weighted by Gasteiger charge is 2.44. The summed E-state index contributed by atoms with van der Waals surface area (Å²) in [5.41, 5.74) is 3.87. The van der Waals surface area contributed by atoms with Crippen LogP contribution in [0.1, 0.15) is 65.5 Å². The van der Waals surface area contributed by atoms with Crippen LogP contribution in [0.2, 0.25) is 0 Å². The Morgan fingerprint density at radius 2 is 1.59 bits per heavy atom. The van der Waals surface area contributed by atoms with Gasteiger partial charge in [0.2, 0.25) is 11.8 Å². The number of anilines is 1. The SMILES string of the molecule is O=C1CCC(N2C(=O)c3ccc(Cc4ccc(C(=O)Nc5ncc(Cc6ccccc6)s5)cc4)cc3C2=O)C(=O)N1. The van der Waals surface area contributed by atoms with E-state index in [0.717, 1.165) is 27.3 Å². The zero-order valence-corrected chi connectivity index (χ0v) is 22.6. The van der Waals surface area contributed by atoms with Crippen molar-refractivity contribution in [3.05, 3.63) is 117 Å². The first-order valence-electron chi connectivity index (χ1n) is 13.1. The molecule has 0 radical (unpaired) electrons. The van der Waals surface area contributed by atoms with Crippen LogP contribution >= 0.6 is 11.3 Å². The number of amides is 5. The number of fused-ring (bicyclic) bond motifs is 1. The molecule has 1 unspecified atom stereocenters. The zero-order valence-electron chi connectivity index (χ0n) is 21.8. The average molecular weight is 565 g/mol. The molecular weight excluding hydrogens is 540 g/mol. The van der Waals surface area contributed by atoms with E-state index in [-0.39, 0.29) is 29.9 Å². The van der Waals surface area contributed by atoms with E-state index < -0.39 is 29.7 Å². The minimum absolute atomic E-state index is 0.0716. The molecular formula is C31H24N4O5S. The first kappa shape index (κ1) is 26.3. The summed E-state index contributed by atoms with van der Waals surface area (Å²) in [5.74, 6) is -2.38. The van der Waals surface area contributed by atoms with Gasteiger partial charge in [-0.3, -0.25) is 39.5 Å². The van der Waals surface area contributed by atoms with Crippen LogP contribution in [-0.2, 0) is 22.4 Å². The molecule has 3 aromatic carbocycles. The Morgan fingerprint density at radius 1 is 0.878 bits per heavy atom. The Balaban J connectivity index is 1.09. The molecule has 0 aliphatic carbocycles. The van der Waals surface area contributed by atoms with Gasteiger partial charge in [0.05, 0.1) is 11.1 Å². The number of thiazole rings is 1. The zero-order chi connectivity index (χ0) is 28.5. The number of aromatic nitrogens is 1. The lowest BCUT2D eigenvalue weighted by Crippen LogP contribution is -2.54. The summed E-state index contributed by atoms with van der Waals surface area (Å²) in [6, 6.07) is 21.2. The van der Waals surface area contributed by atoms with Crippen molar-refractivity contribution in [2.24, 2.45) is 0 Å². The van der Waals surface area contributed by atoms with Gasteiger partial charge in [0, 0.05) is 29.5 Å². The van der Waals surface area contributed by atoms with Crippen molar-refractivity contribution in [1.82, 2.24) is 15.2 Å². The van der Waals surface area contributed by atoms with Crippen molar-refractivity contribution >= 4 is 46.0 Å². The van der Waals surface area contributed by atoms with Crippen LogP contribution in [0.15, 0.2) is 79.0 Å². The fourth-order valence-electron chi connectivity index (χ4n) is 5.05. The fourth-order valence-corrected chi connectivity index (χ4v) is 5.89. The number of imide groups is 2. The molecule has 0 saturated carbocycles. The highest BCUT2D eigenvalue weighted by Crippen LogP contribution is 2.29. The molecule has 6 rings (SSSR count). The number of carbonyl (C=O) groups is 5. The molecule has 4 aromatic rings. The first-order valence-corrected chi connectivity index (χ1v) is 13.9. The van der Waals surface area contributed by atoms with E-state index in [9.17, 15) is 24.0 Å². The van der Waals surface area contributed by atoms with E-state index >= 15 is 0 Å². The van der Waals surface area contributed by atoms with Crippen molar-refractivity contribution in [2.45, 2.75) is 31.7 Å². The number of hydrogen-bond donors (Lipinski definition) is 2. The molecule has 2 aliphatic rings. The smallest absolute Gasteiger partial charge is 0.262 e. The molecule has 5 amide bonds. The maximum atomic E-state index is 13.1. The molecule has 2 aliphatic heterocycles. The van der Waals surface area contributed by atoms with E-state index in [1.807, 2.05) is 30.3 Å². The number of rotatable bonds is 7. The Bertz CT molecular complexity index is 1700. The van der Waals surface area contributed by atoms with E-state index in [1.165, 1.54) is 16.9 Å². The molecule has 41 heavy (non-hydrogen) atoms. The standard InChI is InChI=1S/C31H24N4O5S/c36-26-13-12-25(28(38)33-26)35-29(39)23-11-8-20(16-24(23)30(35)40)14-19-6-9-21(10-7-19)27(37)34-31-32-17-22(41-31)15-18-4-2-1-3-5-18/h1-11,16-17,25H,12-15H2,(H,32,34,37)(H,33,36,38). The topological polar surface area (TPSA) is 126 Å². The van der Waals surface area contributed by atoms with Gasteiger partial charge in [-0.1, -0.05) is 48.5 Å². The number of benzene rings is 3. The third kappa shape index (κ3) is 5.42. The van der Waals surface area contributed by atoms with Crippen LogP contribution in [-0.4, -0.2) is 45.5 Å². The van der Waals surface area contributed by atoms with Gasteiger partial charge < -0.3 is 0 Å².